The van der Waals surface area contributed by atoms with Gasteiger partial charge in [0.25, 0.3) is 0 Å². The first-order valence-electron chi connectivity index (χ1n) is 8.56. The normalized spacial score (nSPS) is 19.7. The van der Waals surface area contributed by atoms with Gasteiger partial charge in [0.1, 0.15) is 18.0 Å². The third-order valence-corrected chi connectivity index (χ3v) is 3.76. The maximum Gasteiger partial charge on any atom is 0.335 e. The first kappa shape index (κ1) is 18.3. The van der Waals surface area contributed by atoms with Crippen LogP contribution in [0.5, 0.6) is 5.75 Å². The van der Waals surface area contributed by atoms with Crippen molar-refractivity contribution >= 4 is 5.97 Å². The number of carbonyl (C=O) groups excluding carboxylic acids is 1. The Bertz CT molecular complexity index is 708. The van der Waals surface area contributed by atoms with E-state index in [4.69, 9.17) is 18.9 Å². The lowest BCUT2D eigenvalue weighted by Gasteiger charge is -2.08. The van der Waals surface area contributed by atoms with Gasteiger partial charge in [-0.1, -0.05) is 55.1 Å². The number of esters is 1. The van der Waals surface area contributed by atoms with E-state index < -0.39 is 5.97 Å². The minimum atomic E-state index is -0.451. The Hall–Kier alpha value is -2.47. The Morgan fingerprint density at radius 3 is 2.15 bits per heavy atom. The predicted octanol–water partition coefficient (Wildman–Crippen LogP) is 3.25. The van der Waals surface area contributed by atoms with Crippen LogP contribution in [0.4, 0.5) is 0 Å². The van der Waals surface area contributed by atoms with Gasteiger partial charge in [-0.25, -0.2) is 4.79 Å². The zero-order valence-electron chi connectivity index (χ0n) is 14.5. The highest BCUT2D eigenvalue weighted by atomic mass is 16.6. The van der Waals surface area contributed by atoms with E-state index in [2.05, 4.69) is 6.58 Å². The highest BCUT2D eigenvalue weighted by Crippen LogP contribution is 2.29. The molecule has 2 aromatic rings. The minimum Gasteiger partial charge on any atom is -0.423 e. The van der Waals surface area contributed by atoms with Crippen LogP contribution in [0, 0.1) is 0 Å². The Balaban J connectivity index is 0.000000181. The number of benzene rings is 2. The van der Waals surface area contributed by atoms with Gasteiger partial charge < -0.3 is 18.9 Å². The van der Waals surface area contributed by atoms with Gasteiger partial charge in [-0.05, 0) is 11.6 Å². The number of epoxide rings is 2. The summed E-state index contributed by atoms with van der Waals surface area (Å²) < 4.78 is 20.3. The molecule has 2 heterocycles. The SMILES string of the molecule is C(OCC1CO1)C1CO1.C=CC(=O)Oc1ccccc1-c1ccccc1. The fourth-order valence-corrected chi connectivity index (χ4v) is 2.22. The monoisotopic (exact) mass is 354 g/mol. The molecule has 2 aliphatic heterocycles. The third-order valence-electron chi connectivity index (χ3n) is 3.76. The number of hydrogen-bond acceptors (Lipinski definition) is 5. The molecule has 136 valence electrons. The molecule has 2 fully saturated rings. The van der Waals surface area contributed by atoms with Gasteiger partial charge in [-0.3, -0.25) is 0 Å². The molecule has 0 radical (unpaired) electrons. The molecule has 0 spiro atoms. The Kier molecular flexibility index (Phi) is 6.55. The molecule has 2 aromatic carbocycles. The van der Waals surface area contributed by atoms with Gasteiger partial charge in [0.15, 0.2) is 0 Å². The predicted molar refractivity (Wildman–Crippen MR) is 98.0 cm³/mol. The van der Waals surface area contributed by atoms with Gasteiger partial charge in [0.05, 0.1) is 26.4 Å². The van der Waals surface area contributed by atoms with Crippen LogP contribution < -0.4 is 4.74 Å². The van der Waals surface area contributed by atoms with Crippen molar-refractivity contribution in [1.29, 1.82) is 0 Å². The Morgan fingerprint density at radius 2 is 1.58 bits per heavy atom. The topological polar surface area (TPSA) is 60.6 Å². The molecule has 5 heteroatoms. The molecule has 2 aliphatic rings. The van der Waals surface area contributed by atoms with Gasteiger partial charge in [-0.2, -0.15) is 0 Å². The van der Waals surface area contributed by atoms with Crippen LogP contribution in [-0.4, -0.2) is 44.6 Å². The average molecular weight is 354 g/mol. The standard InChI is InChI=1S/C15H12O2.C6H10O3/c1-2-15(16)17-14-11-7-6-10-13(14)12-8-4-3-5-9-12;1(5-3-8-5)7-2-6-4-9-6/h2-11H,1H2;5-6H,1-4H2. The van der Waals surface area contributed by atoms with Gasteiger partial charge in [0.2, 0.25) is 0 Å². The zero-order chi connectivity index (χ0) is 18.2. The van der Waals surface area contributed by atoms with Crippen LogP contribution >= 0.6 is 0 Å². The second-order valence-electron chi connectivity index (χ2n) is 5.94. The van der Waals surface area contributed by atoms with Crippen molar-refractivity contribution in [2.75, 3.05) is 26.4 Å². The fourth-order valence-electron chi connectivity index (χ4n) is 2.22. The van der Waals surface area contributed by atoms with Crippen molar-refractivity contribution in [3.8, 4) is 16.9 Å². The van der Waals surface area contributed by atoms with E-state index in [0.717, 1.165) is 43.6 Å². The summed E-state index contributed by atoms with van der Waals surface area (Å²) in [5, 5.41) is 0. The molecule has 0 aliphatic carbocycles. The molecule has 2 atom stereocenters. The summed E-state index contributed by atoms with van der Waals surface area (Å²) in [6.45, 7) is 6.65. The van der Waals surface area contributed by atoms with E-state index in [1.165, 1.54) is 0 Å². The Labute approximate surface area is 153 Å². The van der Waals surface area contributed by atoms with E-state index >= 15 is 0 Å². The molecule has 2 saturated heterocycles. The minimum absolute atomic E-state index is 0.392. The largest absolute Gasteiger partial charge is 0.423 e. The summed E-state index contributed by atoms with van der Waals surface area (Å²) in [7, 11) is 0. The van der Waals surface area contributed by atoms with Crippen molar-refractivity contribution in [2.24, 2.45) is 0 Å². The van der Waals surface area contributed by atoms with E-state index in [1.54, 1.807) is 6.07 Å². The van der Waals surface area contributed by atoms with Gasteiger partial charge in [0, 0.05) is 11.6 Å². The van der Waals surface area contributed by atoms with Crippen LogP contribution in [0.3, 0.4) is 0 Å². The first-order chi connectivity index (χ1) is 12.8. The molecular formula is C21H22O5. The lowest BCUT2D eigenvalue weighted by atomic mass is 10.1. The molecule has 0 amide bonds. The van der Waals surface area contributed by atoms with Crippen LogP contribution in [0.25, 0.3) is 11.1 Å². The fraction of sp³-hybridized carbons (Fsp3) is 0.286. The molecule has 2 unspecified atom stereocenters. The molecule has 0 N–H and O–H groups in total. The van der Waals surface area contributed by atoms with Gasteiger partial charge in [-0.15, -0.1) is 0 Å². The van der Waals surface area contributed by atoms with Gasteiger partial charge >= 0.3 is 5.97 Å². The number of para-hydroxylation sites is 1. The number of hydrogen-bond donors (Lipinski definition) is 0. The maximum absolute atomic E-state index is 11.2. The quantitative estimate of drug-likeness (QED) is 0.331. The van der Waals surface area contributed by atoms with Crippen LogP contribution in [0.2, 0.25) is 0 Å². The number of rotatable bonds is 7. The van der Waals surface area contributed by atoms with Crippen molar-refractivity contribution in [3.05, 3.63) is 67.3 Å². The summed E-state index contributed by atoms with van der Waals surface area (Å²) >= 11 is 0. The summed E-state index contributed by atoms with van der Waals surface area (Å²) in [5.74, 6) is 0.0944. The molecular weight excluding hydrogens is 332 g/mol. The first-order valence-corrected chi connectivity index (χ1v) is 8.56. The lowest BCUT2D eigenvalue weighted by Crippen LogP contribution is -2.06. The Morgan fingerprint density at radius 1 is 1.00 bits per heavy atom. The van der Waals surface area contributed by atoms with Crippen LogP contribution in [0.1, 0.15) is 0 Å². The highest BCUT2D eigenvalue weighted by Gasteiger charge is 2.26. The van der Waals surface area contributed by atoms with Crippen molar-refractivity contribution < 1.29 is 23.7 Å². The van der Waals surface area contributed by atoms with Crippen molar-refractivity contribution in [3.63, 3.8) is 0 Å². The zero-order valence-corrected chi connectivity index (χ0v) is 14.5. The van der Waals surface area contributed by atoms with Crippen molar-refractivity contribution in [2.45, 2.75) is 12.2 Å². The lowest BCUT2D eigenvalue weighted by molar-refractivity contribution is -0.128. The summed E-state index contributed by atoms with van der Waals surface area (Å²) in [6, 6.07) is 17.2. The van der Waals surface area contributed by atoms with E-state index in [9.17, 15) is 4.79 Å². The van der Waals surface area contributed by atoms with Crippen LogP contribution in [-0.2, 0) is 19.0 Å². The second kappa shape index (κ2) is 9.29. The molecule has 4 rings (SSSR count). The smallest absolute Gasteiger partial charge is 0.335 e. The summed E-state index contributed by atoms with van der Waals surface area (Å²) in [6.07, 6.45) is 1.94. The highest BCUT2D eigenvalue weighted by molar-refractivity contribution is 5.85. The average Bonchev–Trinajstić information content (AvgIpc) is 3.59. The second-order valence-corrected chi connectivity index (χ2v) is 5.94. The van der Waals surface area contributed by atoms with E-state index in [0.29, 0.717) is 18.0 Å². The molecule has 0 bridgehead atoms. The molecule has 0 saturated carbocycles. The van der Waals surface area contributed by atoms with E-state index in [-0.39, 0.29) is 0 Å². The number of ether oxygens (including phenoxy) is 4. The van der Waals surface area contributed by atoms with E-state index in [1.807, 2.05) is 48.5 Å². The summed E-state index contributed by atoms with van der Waals surface area (Å²) in [4.78, 5) is 11.2. The maximum atomic E-state index is 11.2. The molecule has 5 nitrogen and oxygen atoms in total. The van der Waals surface area contributed by atoms with Crippen LogP contribution in [0.15, 0.2) is 67.3 Å². The number of carbonyl (C=O) groups is 1. The summed E-state index contributed by atoms with van der Waals surface area (Å²) in [5.41, 5.74) is 1.91. The van der Waals surface area contributed by atoms with Crippen molar-refractivity contribution in [1.82, 2.24) is 0 Å². The third kappa shape index (κ3) is 6.11. The molecule has 0 aromatic heterocycles. The molecule has 26 heavy (non-hydrogen) atoms.